The molecule has 0 radical (unpaired) electrons. The van der Waals surface area contributed by atoms with E-state index in [2.05, 4.69) is 58.9 Å². The lowest BCUT2D eigenvalue weighted by molar-refractivity contribution is 0.214. The minimum atomic E-state index is 0.225. The highest BCUT2D eigenvalue weighted by molar-refractivity contribution is 5.77. The molecule has 2 aromatic rings. The van der Waals surface area contributed by atoms with Gasteiger partial charge in [-0.1, -0.05) is 59.2 Å². The highest BCUT2D eigenvalue weighted by atomic mass is 16.3. The summed E-state index contributed by atoms with van der Waals surface area (Å²) in [6.45, 7) is 11.5. The molecule has 2 rings (SSSR count). The monoisotopic (exact) mass is 244 g/mol. The number of fused-ring (bicyclic) bond motifs is 1. The van der Waals surface area contributed by atoms with Crippen LogP contribution in [0.25, 0.3) is 11.0 Å². The first kappa shape index (κ1) is 13.2. The van der Waals surface area contributed by atoms with Crippen molar-refractivity contribution in [1.29, 1.82) is 0 Å². The maximum Gasteiger partial charge on any atom is 0.134 e. The Morgan fingerprint density at radius 3 is 2.39 bits per heavy atom. The summed E-state index contributed by atoms with van der Waals surface area (Å²) < 4.78 is 6.08. The van der Waals surface area contributed by atoms with Crippen molar-refractivity contribution in [1.82, 2.24) is 0 Å². The third-order valence-corrected chi connectivity index (χ3v) is 3.90. The molecule has 0 saturated heterocycles. The first-order chi connectivity index (χ1) is 8.43. The lowest BCUT2D eigenvalue weighted by Crippen LogP contribution is -2.24. The molecule has 0 bridgehead atoms. The lowest BCUT2D eigenvalue weighted by atomic mass is 9.71. The van der Waals surface area contributed by atoms with E-state index >= 15 is 0 Å². The molecule has 2 atom stereocenters. The second kappa shape index (κ2) is 4.79. The predicted octanol–water partition coefficient (Wildman–Crippen LogP) is 5.61. The van der Waals surface area contributed by atoms with Crippen LogP contribution in [0.15, 0.2) is 34.7 Å². The quantitative estimate of drug-likeness (QED) is 0.684. The van der Waals surface area contributed by atoms with Gasteiger partial charge in [0.1, 0.15) is 11.3 Å². The van der Waals surface area contributed by atoms with Gasteiger partial charge in [-0.15, -0.1) is 0 Å². The van der Waals surface area contributed by atoms with Crippen LogP contribution in [-0.4, -0.2) is 0 Å². The van der Waals surface area contributed by atoms with Crippen molar-refractivity contribution in [3.05, 3.63) is 36.1 Å². The standard InChI is InChI=1S/C17H24O/c1-6-12(2)16(17(3,4)5)15-11-13-9-7-8-10-14(13)18-15/h7-12,16H,6H2,1-5H3/t12?,16-/m0/s1. The van der Waals surface area contributed by atoms with Gasteiger partial charge in [0.2, 0.25) is 0 Å². The molecule has 1 unspecified atom stereocenters. The fraction of sp³-hybridized carbons (Fsp3) is 0.529. The van der Waals surface area contributed by atoms with Gasteiger partial charge in [0.25, 0.3) is 0 Å². The Labute approximate surface area is 110 Å². The first-order valence-corrected chi connectivity index (χ1v) is 6.92. The van der Waals surface area contributed by atoms with Crippen LogP contribution in [0.2, 0.25) is 0 Å². The Morgan fingerprint density at radius 1 is 1.17 bits per heavy atom. The van der Waals surface area contributed by atoms with E-state index in [1.807, 2.05) is 6.07 Å². The van der Waals surface area contributed by atoms with Gasteiger partial charge in [0.05, 0.1) is 0 Å². The van der Waals surface area contributed by atoms with Gasteiger partial charge in [-0.25, -0.2) is 0 Å². The van der Waals surface area contributed by atoms with Crippen molar-refractivity contribution in [2.75, 3.05) is 0 Å². The molecule has 0 aliphatic heterocycles. The first-order valence-electron chi connectivity index (χ1n) is 6.92. The Morgan fingerprint density at radius 2 is 1.83 bits per heavy atom. The van der Waals surface area contributed by atoms with Crippen molar-refractivity contribution in [3.8, 4) is 0 Å². The minimum Gasteiger partial charge on any atom is -0.461 e. The summed E-state index contributed by atoms with van der Waals surface area (Å²) >= 11 is 0. The normalized spacial score (nSPS) is 15.8. The molecule has 1 aromatic heterocycles. The molecule has 1 aromatic carbocycles. The molecule has 1 heteroatoms. The van der Waals surface area contributed by atoms with Crippen LogP contribution in [0.3, 0.4) is 0 Å². The van der Waals surface area contributed by atoms with Gasteiger partial charge in [-0.2, -0.15) is 0 Å². The molecule has 0 amide bonds. The van der Waals surface area contributed by atoms with E-state index in [1.54, 1.807) is 0 Å². The fourth-order valence-corrected chi connectivity index (χ4v) is 2.95. The van der Waals surface area contributed by atoms with Gasteiger partial charge < -0.3 is 4.42 Å². The van der Waals surface area contributed by atoms with Gasteiger partial charge in [-0.05, 0) is 23.5 Å². The number of rotatable bonds is 3. The van der Waals surface area contributed by atoms with Crippen molar-refractivity contribution < 1.29 is 4.42 Å². The summed E-state index contributed by atoms with van der Waals surface area (Å²) in [5, 5.41) is 1.21. The molecule has 1 nitrogen and oxygen atoms in total. The highest BCUT2D eigenvalue weighted by Crippen LogP contribution is 2.43. The van der Waals surface area contributed by atoms with Gasteiger partial charge in [0, 0.05) is 11.3 Å². The summed E-state index contributed by atoms with van der Waals surface area (Å²) in [6.07, 6.45) is 1.18. The minimum absolute atomic E-state index is 0.225. The van der Waals surface area contributed by atoms with E-state index in [0.717, 1.165) is 11.3 Å². The van der Waals surface area contributed by atoms with E-state index in [9.17, 15) is 0 Å². The Kier molecular flexibility index (Phi) is 3.52. The number of furan rings is 1. The Hall–Kier alpha value is -1.24. The molecule has 1 heterocycles. The Balaban J connectivity index is 2.48. The summed E-state index contributed by atoms with van der Waals surface area (Å²) in [5.41, 5.74) is 1.23. The molecule has 0 saturated carbocycles. The van der Waals surface area contributed by atoms with Crippen LogP contribution in [0.5, 0.6) is 0 Å². The number of hydrogen-bond acceptors (Lipinski definition) is 1. The third kappa shape index (κ3) is 2.45. The SMILES string of the molecule is CCC(C)[C@@H](c1cc2ccccc2o1)C(C)(C)C. The van der Waals surface area contributed by atoms with Gasteiger partial charge in [0.15, 0.2) is 0 Å². The number of hydrogen-bond donors (Lipinski definition) is 0. The van der Waals surface area contributed by atoms with Crippen LogP contribution in [0, 0.1) is 11.3 Å². The molecular weight excluding hydrogens is 220 g/mol. The average Bonchev–Trinajstić information content (AvgIpc) is 2.69. The summed E-state index contributed by atoms with van der Waals surface area (Å²) in [7, 11) is 0. The maximum atomic E-state index is 6.08. The zero-order chi connectivity index (χ0) is 13.3. The molecule has 98 valence electrons. The zero-order valence-corrected chi connectivity index (χ0v) is 12.2. The van der Waals surface area contributed by atoms with Gasteiger partial charge in [-0.3, -0.25) is 0 Å². The zero-order valence-electron chi connectivity index (χ0n) is 12.2. The molecule has 0 N–H and O–H groups in total. The van der Waals surface area contributed by atoms with E-state index < -0.39 is 0 Å². The molecular formula is C17H24O. The number of benzene rings is 1. The van der Waals surface area contributed by atoms with Crippen LogP contribution in [0.1, 0.15) is 52.7 Å². The Bertz CT molecular complexity index is 483. The smallest absolute Gasteiger partial charge is 0.134 e. The molecule has 0 fully saturated rings. The second-order valence-corrected chi connectivity index (χ2v) is 6.42. The largest absolute Gasteiger partial charge is 0.461 e. The molecule has 0 aliphatic carbocycles. The summed E-state index contributed by atoms with van der Waals surface area (Å²) in [6, 6.07) is 10.5. The fourth-order valence-electron chi connectivity index (χ4n) is 2.95. The van der Waals surface area contributed by atoms with Crippen LogP contribution in [-0.2, 0) is 0 Å². The molecule has 0 spiro atoms. The van der Waals surface area contributed by atoms with Crippen LogP contribution in [0.4, 0.5) is 0 Å². The average molecular weight is 244 g/mol. The van der Waals surface area contributed by atoms with Crippen molar-refractivity contribution in [3.63, 3.8) is 0 Å². The number of para-hydroxylation sites is 1. The van der Waals surface area contributed by atoms with E-state index in [0.29, 0.717) is 11.8 Å². The van der Waals surface area contributed by atoms with Crippen molar-refractivity contribution in [2.24, 2.45) is 11.3 Å². The van der Waals surface area contributed by atoms with Crippen molar-refractivity contribution in [2.45, 2.75) is 47.0 Å². The lowest BCUT2D eigenvalue weighted by Gasteiger charge is -2.33. The van der Waals surface area contributed by atoms with Gasteiger partial charge >= 0.3 is 0 Å². The van der Waals surface area contributed by atoms with E-state index in [1.165, 1.54) is 11.8 Å². The maximum absolute atomic E-state index is 6.08. The van der Waals surface area contributed by atoms with E-state index in [4.69, 9.17) is 4.42 Å². The molecule has 0 aliphatic rings. The topological polar surface area (TPSA) is 13.1 Å². The summed E-state index contributed by atoms with van der Waals surface area (Å²) in [4.78, 5) is 0. The predicted molar refractivity (Wildman–Crippen MR) is 77.9 cm³/mol. The van der Waals surface area contributed by atoms with E-state index in [-0.39, 0.29) is 5.41 Å². The summed E-state index contributed by atoms with van der Waals surface area (Å²) in [5.74, 6) is 2.23. The third-order valence-electron chi connectivity index (χ3n) is 3.90. The van der Waals surface area contributed by atoms with Crippen molar-refractivity contribution >= 4 is 11.0 Å². The highest BCUT2D eigenvalue weighted by Gasteiger charge is 2.32. The van der Waals surface area contributed by atoms with Crippen LogP contribution < -0.4 is 0 Å². The second-order valence-electron chi connectivity index (χ2n) is 6.42. The molecule has 18 heavy (non-hydrogen) atoms. The van der Waals surface area contributed by atoms with Crippen LogP contribution >= 0.6 is 0 Å².